The van der Waals surface area contributed by atoms with Crippen LogP contribution in [-0.2, 0) is 21.5 Å². The van der Waals surface area contributed by atoms with Gasteiger partial charge in [0.1, 0.15) is 6.54 Å². The van der Waals surface area contributed by atoms with Crippen LogP contribution in [0.5, 0.6) is 0 Å². The van der Waals surface area contributed by atoms with Crippen molar-refractivity contribution in [3.63, 3.8) is 0 Å². The first kappa shape index (κ1) is 19.2. The van der Waals surface area contributed by atoms with Gasteiger partial charge in [0.2, 0.25) is 5.91 Å². The first-order chi connectivity index (χ1) is 14.1. The third kappa shape index (κ3) is 3.75. The summed E-state index contributed by atoms with van der Waals surface area (Å²) in [5, 5.41) is 2.91. The second-order valence-corrected chi connectivity index (χ2v) is 7.70. The maximum absolute atomic E-state index is 13.5. The number of piperidine rings is 1. The van der Waals surface area contributed by atoms with Crippen molar-refractivity contribution in [1.29, 1.82) is 0 Å². The second kappa shape index (κ2) is 8.07. The highest BCUT2D eigenvalue weighted by Gasteiger charge is 2.52. The van der Waals surface area contributed by atoms with E-state index in [-0.39, 0.29) is 18.4 Å². The van der Waals surface area contributed by atoms with Crippen LogP contribution in [0.2, 0.25) is 0 Å². The van der Waals surface area contributed by atoms with Crippen LogP contribution in [0.25, 0.3) is 0 Å². The first-order valence-electron chi connectivity index (χ1n) is 10.1. The van der Waals surface area contributed by atoms with Gasteiger partial charge in [-0.05, 0) is 30.4 Å². The zero-order valence-electron chi connectivity index (χ0n) is 16.3. The van der Waals surface area contributed by atoms with Gasteiger partial charge in [-0.1, -0.05) is 60.7 Å². The number of urea groups is 1. The number of carbonyl (C=O) groups excluding carboxylic acids is 3. The summed E-state index contributed by atoms with van der Waals surface area (Å²) in [5.74, 6) is -0.542. The maximum Gasteiger partial charge on any atom is 0.325 e. The lowest BCUT2D eigenvalue weighted by Gasteiger charge is -2.29. The van der Waals surface area contributed by atoms with Gasteiger partial charge in [-0.2, -0.15) is 0 Å². The van der Waals surface area contributed by atoms with E-state index in [1.54, 1.807) is 4.90 Å². The van der Waals surface area contributed by atoms with Gasteiger partial charge in [0.05, 0.1) is 0 Å². The summed E-state index contributed by atoms with van der Waals surface area (Å²) in [6, 6.07) is 18.4. The van der Waals surface area contributed by atoms with Crippen LogP contribution in [0.4, 0.5) is 4.79 Å². The Bertz CT molecular complexity index is 894. The molecule has 2 aliphatic heterocycles. The number of hydrogen-bond acceptors (Lipinski definition) is 3. The molecule has 6 heteroatoms. The molecule has 4 amide bonds. The van der Waals surface area contributed by atoms with Gasteiger partial charge in [0, 0.05) is 19.5 Å². The summed E-state index contributed by atoms with van der Waals surface area (Å²) in [4.78, 5) is 41.9. The highest BCUT2D eigenvalue weighted by molar-refractivity contribution is 6.09. The van der Waals surface area contributed by atoms with E-state index in [9.17, 15) is 14.4 Å². The molecular formula is C23H25N3O3. The van der Waals surface area contributed by atoms with E-state index in [1.807, 2.05) is 60.7 Å². The van der Waals surface area contributed by atoms with E-state index < -0.39 is 11.6 Å². The molecule has 0 radical (unpaired) electrons. The summed E-state index contributed by atoms with van der Waals surface area (Å²) in [7, 11) is 0. The maximum atomic E-state index is 13.5. The highest BCUT2D eigenvalue weighted by Crippen LogP contribution is 2.33. The van der Waals surface area contributed by atoms with Crippen molar-refractivity contribution in [2.75, 3.05) is 19.6 Å². The van der Waals surface area contributed by atoms with Crippen molar-refractivity contribution in [2.24, 2.45) is 0 Å². The van der Waals surface area contributed by atoms with Gasteiger partial charge in [-0.3, -0.25) is 14.5 Å². The van der Waals surface area contributed by atoms with Gasteiger partial charge in [-0.15, -0.1) is 0 Å². The van der Waals surface area contributed by atoms with Crippen molar-refractivity contribution in [3.8, 4) is 0 Å². The summed E-state index contributed by atoms with van der Waals surface area (Å²) in [5.41, 5.74) is 0.450. The molecule has 2 heterocycles. The van der Waals surface area contributed by atoms with E-state index in [4.69, 9.17) is 0 Å². The fraction of sp³-hybridized carbons (Fsp3) is 0.348. The van der Waals surface area contributed by atoms with Crippen LogP contribution in [0.15, 0.2) is 60.7 Å². The topological polar surface area (TPSA) is 69.7 Å². The molecule has 0 bridgehead atoms. The van der Waals surface area contributed by atoms with Crippen molar-refractivity contribution in [2.45, 2.75) is 31.2 Å². The minimum absolute atomic E-state index is 0.170. The number of amides is 4. The standard InChI is InChI=1S/C23H25N3O3/c27-20(25-14-8-3-9-15-25)17-26-21(28)23(24-22(26)29,19-12-6-2-7-13-19)16-18-10-4-1-5-11-18/h1-2,4-7,10-13H,3,8-9,14-17H2,(H,24,29)/t23-/m0/s1. The fourth-order valence-corrected chi connectivity index (χ4v) is 4.19. The molecule has 2 fully saturated rings. The SMILES string of the molecule is O=C(CN1C(=O)N[C@@](Cc2ccccc2)(c2ccccc2)C1=O)N1CCCCC1. The number of rotatable bonds is 5. The van der Waals surface area contributed by atoms with Gasteiger partial charge in [0.15, 0.2) is 5.54 Å². The molecule has 0 spiro atoms. The number of imide groups is 1. The molecule has 29 heavy (non-hydrogen) atoms. The lowest BCUT2D eigenvalue weighted by Crippen LogP contribution is -2.47. The minimum Gasteiger partial charge on any atom is -0.341 e. The van der Waals surface area contributed by atoms with E-state index in [2.05, 4.69) is 5.32 Å². The summed E-state index contributed by atoms with van der Waals surface area (Å²) >= 11 is 0. The van der Waals surface area contributed by atoms with E-state index in [0.29, 0.717) is 19.5 Å². The van der Waals surface area contributed by atoms with Crippen LogP contribution >= 0.6 is 0 Å². The van der Waals surface area contributed by atoms with Crippen molar-refractivity contribution in [3.05, 3.63) is 71.8 Å². The van der Waals surface area contributed by atoms with Gasteiger partial charge in [0.25, 0.3) is 5.91 Å². The Labute approximate surface area is 170 Å². The Balaban J connectivity index is 1.63. The number of nitrogens with one attached hydrogen (secondary N) is 1. The lowest BCUT2D eigenvalue weighted by atomic mass is 9.83. The molecule has 2 aromatic rings. The molecule has 2 aliphatic rings. The molecular weight excluding hydrogens is 366 g/mol. The normalized spacial score (nSPS) is 21.9. The lowest BCUT2D eigenvalue weighted by molar-refractivity contribution is -0.139. The Kier molecular flexibility index (Phi) is 5.34. The predicted octanol–water partition coefficient (Wildman–Crippen LogP) is 2.69. The smallest absolute Gasteiger partial charge is 0.325 e. The zero-order valence-corrected chi connectivity index (χ0v) is 16.3. The van der Waals surface area contributed by atoms with Gasteiger partial charge < -0.3 is 10.2 Å². The monoisotopic (exact) mass is 391 g/mol. The molecule has 1 N–H and O–H groups in total. The average molecular weight is 391 g/mol. The Hall–Kier alpha value is -3.15. The Morgan fingerprint density at radius 1 is 0.897 bits per heavy atom. The fourth-order valence-electron chi connectivity index (χ4n) is 4.19. The molecule has 6 nitrogen and oxygen atoms in total. The molecule has 2 saturated heterocycles. The number of nitrogens with zero attached hydrogens (tertiary/aromatic N) is 2. The van der Waals surface area contributed by atoms with Crippen LogP contribution in [0, 0.1) is 0 Å². The third-order valence-corrected chi connectivity index (χ3v) is 5.76. The summed E-state index contributed by atoms with van der Waals surface area (Å²) in [6.45, 7) is 1.17. The molecule has 0 saturated carbocycles. The molecule has 1 atom stereocenters. The van der Waals surface area contributed by atoms with Gasteiger partial charge >= 0.3 is 6.03 Å². The van der Waals surface area contributed by atoms with Crippen molar-refractivity contribution < 1.29 is 14.4 Å². The van der Waals surface area contributed by atoms with E-state index in [1.165, 1.54) is 0 Å². The molecule has 2 aromatic carbocycles. The largest absolute Gasteiger partial charge is 0.341 e. The van der Waals surface area contributed by atoms with Crippen LogP contribution in [-0.4, -0.2) is 47.3 Å². The highest BCUT2D eigenvalue weighted by atomic mass is 16.2. The first-order valence-corrected chi connectivity index (χ1v) is 10.1. The number of benzene rings is 2. The third-order valence-electron chi connectivity index (χ3n) is 5.76. The molecule has 4 rings (SSSR count). The Morgan fingerprint density at radius 2 is 1.52 bits per heavy atom. The average Bonchev–Trinajstić information content (AvgIpc) is 3.00. The van der Waals surface area contributed by atoms with Crippen LogP contribution in [0.1, 0.15) is 30.4 Å². The second-order valence-electron chi connectivity index (χ2n) is 7.70. The minimum atomic E-state index is -1.21. The van der Waals surface area contributed by atoms with Crippen LogP contribution < -0.4 is 5.32 Å². The predicted molar refractivity (Wildman–Crippen MR) is 109 cm³/mol. The van der Waals surface area contributed by atoms with E-state index >= 15 is 0 Å². The summed E-state index contributed by atoms with van der Waals surface area (Å²) in [6.07, 6.45) is 3.37. The zero-order chi connectivity index (χ0) is 20.3. The van der Waals surface area contributed by atoms with Crippen LogP contribution in [0.3, 0.4) is 0 Å². The quantitative estimate of drug-likeness (QED) is 0.797. The molecule has 0 aromatic heterocycles. The van der Waals surface area contributed by atoms with Gasteiger partial charge in [-0.25, -0.2) is 4.79 Å². The number of hydrogen-bond donors (Lipinski definition) is 1. The number of likely N-dealkylation sites (tertiary alicyclic amines) is 1. The molecule has 150 valence electrons. The molecule has 0 aliphatic carbocycles. The van der Waals surface area contributed by atoms with E-state index in [0.717, 1.165) is 35.3 Å². The summed E-state index contributed by atoms with van der Waals surface area (Å²) < 4.78 is 0. The molecule has 0 unspecified atom stereocenters. The van der Waals surface area contributed by atoms with Crippen molar-refractivity contribution >= 4 is 17.8 Å². The number of carbonyl (C=O) groups is 3. The van der Waals surface area contributed by atoms with Crippen molar-refractivity contribution in [1.82, 2.24) is 15.1 Å². The Morgan fingerprint density at radius 3 is 2.17 bits per heavy atom.